The summed E-state index contributed by atoms with van der Waals surface area (Å²) in [5.41, 5.74) is 0.970. The number of rotatable bonds is 5. The number of hydrogen-bond donors (Lipinski definition) is 1. The van der Waals surface area contributed by atoms with E-state index in [1.165, 1.54) is 12.8 Å². The lowest BCUT2D eigenvalue weighted by molar-refractivity contribution is 0.154. The summed E-state index contributed by atoms with van der Waals surface area (Å²) in [6, 6.07) is 7.67. The Kier molecular flexibility index (Phi) is 5.13. The summed E-state index contributed by atoms with van der Waals surface area (Å²) >= 11 is 6.03. The molecule has 118 valence electrons. The highest BCUT2D eigenvalue weighted by molar-refractivity contribution is 6.30. The van der Waals surface area contributed by atoms with Crippen molar-refractivity contribution in [2.45, 2.75) is 19.4 Å². The summed E-state index contributed by atoms with van der Waals surface area (Å²) in [4.78, 5) is 6.85. The largest absolute Gasteiger partial charge is 0.439 e. The molecule has 1 aliphatic rings. The number of hydrogen-bond acceptors (Lipinski definition) is 4. The van der Waals surface area contributed by atoms with Crippen LogP contribution in [-0.4, -0.2) is 36.6 Å². The maximum Gasteiger partial charge on any atom is 0.209 e. The fraction of sp³-hybridized carbons (Fsp3) is 0.471. The summed E-state index contributed by atoms with van der Waals surface area (Å²) in [7, 11) is 2.02. The predicted octanol–water partition coefficient (Wildman–Crippen LogP) is 3.43. The molecule has 0 radical (unpaired) electrons. The molecule has 1 unspecified atom stereocenters. The van der Waals surface area contributed by atoms with Crippen molar-refractivity contribution in [2.75, 3.05) is 26.7 Å². The Morgan fingerprint density at radius 2 is 2.36 bits per heavy atom. The van der Waals surface area contributed by atoms with E-state index in [0.29, 0.717) is 5.02 Å². The minimum absolute atomic E-state index is 0.710. The second-order valence-corrected chi connectivity index (χ2v) is 6.37. The summed E-state index contributed by atoms with van der Waals surface area (Å²) in [6.07, 6.45) is 4.33. The van der Waals surface area contributed by atoms with Gasteiger partial charge in [-0.25, -0.2) is 4.98 Å². The van der Waals surface area contributed by atoms with E-state index in [1.807, 2.05) is 31.3 Å². The van der Waals surface area contributed by atoms with Gasteiger partial charge in [0.15, 0.2) is 5.76 Å². The molecular weight excluding hydrogens is 298 g/mol. The third-order valence-corrected chi connectivity index (χ3v) is 4.35. The minimum Gasteiger partial charge on any atom is -0.439 e. The molecule has 0 bridgehead atoms. The Labute approximate surface area is 136 Å². The predicted molar refractivity (Wildman–Crippen MR) is 88.9 cm³/mol. The first-order valence-corrected chi connectivity index (χ1v) is 8.20. The Morgan fingerprint density at radius 3 is 3.18 bits per heavy atom. The van der Waals surface area contributed by atoms with Crippen molar-refractivity contribution in [3.63, 3.8) is 0 Å². The first-order valence-electron chi connectivity index (χ1n) is 7.82. The molecule has 0 saturated carbocycles. The number of nitrogens with zero attached hydrogens (tertiary/aromatic N) is 2. The van der Waals surface area contributed by atoms with Crippen LogP contribution in [0.1, 0.15) is 18.7 Å². The summed E-state index contributed by atoms with van der Waals surface area (Å²) in [5, 5.41) is 3.98. The molecule has 0 spiro atoms. The molecule has 1 atom stereocenters. The van der Waals surface area contributed by atoms with Crippen molar-refractivity contribution in [3.8, 4) is 11.3 Å². The van der Waals surface area contributed by atoms with E-state index in [4.69, 9.17) is 16.0 Å². The van der Waals surface area contributed by atoms with Gasteiger partial charge in [0.2, 0.25) is 5.89 Å². The molecule has 22 heavy (non-hydrogen) atoms. The summed E-state index contributed by atoms with van der Waals surface area (Å²) in [6.45, 7) is 4.08. The van der Waals surface area contributed by atoms with E-state index < -0.39 is 0 Å². The highest BCUT2D eigenvalue weighted by atomic mass is 35.5. The van der Waals surface area contributed by atoms with Gasteiger partial charge in [0.25, 0.3) is 0 Å². The van der Waals surface area contributed by atoms with E-state index in [-0.39, 0.29) is 0 Å². The molecule has 1 fully saturated rings. The number of piperidine rings is 1. The SMILES string of the molecule is CNCC1CCCN(Cc2ncc(-c3cccc(Cl)c3)o2)C1. The third-order valence-electron chi connectivity index (χ3n) is 4.12. The fourth-order valence-corrected chi connectivity index (χ4v) is 3.29. The van der Waals surface area contributed by atoms with Gasteiger partial charge in [-0.1, -0.05) is 23.7 Å². The summed E-state index contributed by atoms with van der Waals surface area (Å²) < 4.78 is 5.90. The maximum atomic E-state index is 6.03. The average molecular weight is 320 g/mol. The van der Waals surface area contributed by atoms with E-state index in [2.05, 4.69) is 15.2 Å². The molecule has 1 N–H and O–H groups in total. The van der Waals surface area contributed by atoms with Gasteiger partial charge in [0, 0.05) is 17.1 Å². The van der Waals surface area contributed by atoms with Crippen molar-refractivity contribution in [3.05, 3.63) is 41.4 Å². The molecule has 2 heterocycles. The highest BCUT2D eigenvalue weighted by Gasteiger charge is 2.20. The van der Waals surface area contributed by atoms with Crippen molar-refractivity contribution < 1.29 is 4.42 Å². The molecule has 3 rings (SSSR count). The van der Waals surface area contributed by atoms with Gasteiger partial charge in [0.1, 0.15) is 0 Å². The zero-order valence-corrected chi connectivity index (χ0v) is 13.6. The fourth-order valence-electron chi connectivity index (χ4n) is 3.10. The van der Waals surface area contributed by atoms with Gasteiger partial charge < -0.3 is 9.73 Å². The molecule has 2 aromatic rings. The van der Waals surface area contributed by atoms with Crippen LogP contribution in [0.15, 0.2) is 34.9 Å². The number of aromatic nitrogens is 1. The van der Waals surface area contributed by atoms with E-state index in [0.717, 1.165) is 49.3 Å². The van der Waals surface area contributed by atoms with E-state index in [9.17, 15) is 0 Å². The highest BCUT2D eigenvalue weighted by Crippen LogP contribution is 2.24. The Balaban J connectivity index is 1.64. The van der Waals surface area contributed by atoms with Crippen molar-refractivity contribution in [1.82, 2.24) is 15.2 Å². The number of likely N-dealkylation sites (tertiary alicyclic amines) is 1. The molecule has 1 aromatic heterocycles. The topological polar surface area (TPSA) is 41.3 Å². The van der Waals surface area contributed by atoms with Crippen LogP contribution >= 0.6 is 11.6 Å². The lowest BCUT2D eigenvalue weighted by atomic mass is 9.98. The zero-order chi connectivity index (χ0) is 15.4. The van der Waals surface area contributed by atoms with Crippen LogP contribution in [0.4, 0.5) is 0 Å². The molecule has 1 aromatic carbocycles. The smallest absolute Gasteiger partial charge is 0.209 e. The number of nitrogens with one attached hydrogen (secondary N) is 1. The lowest BCUT2D eigenvalue weighted by Crippen LogP contribution is -2.38. The second kappa shape index (κ2) is 7.27. The van der Waals surface area contributed by atoms with Crippen molar-refractivity contribution in [1.29, 1.82) is 0 Å². The second-order valence-electron chi connectivity index (χ2n) is 5.93. The molecule has 1 aliphatic heterocycles. The molecule has 5 heteroatoms. The first-order chi connectivity index (χ1) is 10.7. The number of benzene rings is 1. The first kappa shape index (κ1) is 15.5. The molecule has 0 amide bonds. The summed E-state index contributed by atoms with van der Waals surface area (Å²) in [5.74, 6) is 2.28. The average Bonchev–Trinajstić information content (AvgIpc) is 2.96. The normalized spacial score (nSPS) is 19.5. The van der Waals surface area contributed by atoms with Gasteiger partial charge in [-0.2, -0.15) is 0 Å². The van der Waals surface area contributed by atoms with Gasteiger partial charge in [-0.05, 0) is 51.0 Å². The molecule has 0 aliphatic carbocycles. The quantitative estimate of drug-likeness (QED) is 0.916. The van der Waals surface area contributed by atoms with Gasteiger partial charge in [-0.3, -0.25) is 4.90 Å². The maximum absolute atomic E-state index is 6.03. The van der Waals surface area contributed by atoms with Crippen molar-refractivity contribution >= 4 is 11.6 Å². The van der Waals surface area contributed by atoms with Crippen LogP contribution in [0.2, 0.25) is 5.02 Å². The Hall–Kier alpha value is -1.36. The van der Waals surface area contributed by atoms with Crippen LogP contribution in [-0.2, 0) is 6.54 Å². The van der Waals surface area contributed by atoms with E-state index in [1.54, 1.807) is 6.20 Å². The minimum atomic E-state index is 0.710. The zero-order valence-electron chi connectivity index (χ0n) is 12.9. The van der Waals surface area contributed by atoms with Crippen LogP contribution in [0, 0.1) is 5.92 Å². The number of oxazole rings is 1. The lowest BCUT2D eigenvalue weighted by Gasteiger charge is -2.31. The molecule has 1 saturated heterocycles. The van der Waals surface area contributed by atoms with Crippen molar-refractivity contribution in [2.24, 2.45) is 5.92 Å². The van der Waals surface area contributed by atoms with Gasteiger partial charge in [-0.15, -0.1) is 0 Å². The van der Waals surface area contributed by atoms with Crippen LogP contribution < -0.4 is 5.32 Å². The Morgan fingerprint density at radius 1 is 1.45 bits per heavy atom. The van der Waals surface area contributed by atoms with Gasteiger partial charge >= 0.3 is 0 Å². The van der Waals surface area contributed by atoms with Gasteiger partial charge in [0.05, 0.1) is 12.7 Å². The monoisotopic (exact) mass is 319 g/mol. The Bertz CT molecular complexity index is 611. The van der Waals surface area contributed by atoms with E-state index >= 15 is 0 Å². The third kappa shape index (κ3) is 3.88. The van der Waals surface area contributed by atoms with Crippen LogP contribution in [0.25, 0.3) is 11.3 Å². The molecule has 4 nitrogen and oxygen atoms in total. The standard InChI is InChI=1S/C17H22ClN3O/c1-19-9-13-4-3-7-21(11-13)12-17-20-10-16(22-17)14-5-2-6-15(18)8-14/h2,5-6,8,10,13,19H,3-4,7,9,11-12H2,1H3. The number of halogens is 1. The molecular formula is C17H22ClN3O. The van der Waals surface area contributed by atoms with Crippen LogP contribution in [0.3, 0.4) is 0 Å². The van der Waals surface area contributed by atoms with Crippen LogP contribution in [0.5, 0.6) is 0 Å².